The highest BCUT2D eigenvalue weighted by Crippen LogP contribution is 2.16. The maximum atomic E-state index is 12.4. The van der Waals surface area contributed by atoms with Gasteiger partial charge in [0, 0.05) is 12.8 Å². The van der Waals surface area contributed by atoms with E-state index < -0.39 is 12.1 Å². The first-order chi connectivity index (χ1) is 33.5. The molecular weight excluding hydrogens is 839 g/mol. The van der Waals surface area contributed by atoms with Crippen LogP contribution in [0, 0.1) is 0 Å². The second-order valence-electron chi connectivity index (χ2n) is 20.3. The SMILES string of the molecule is CCCCCCCC/C=C\CCCCCCCCCC(=O)OCCCCCCCC/C=C\C/C=C\CCC(=O)NC(CO)C(O)/C=C/CCCCCCCCCCCCCCCCCCCCC. The molecule has 2 unspecified atom stereocenters. The fourth-order valence-corrected chi connectivity index (χ4v) is 8.97. The second kappa shape index (κ2) is 57.4. The number of allylic oxidation sites excluding steroid dienone is 7. The van der Waals surface area contributed by atoms with Gasteiger partial charge in [-0.1, -0.05) is 268 Å². The Bertz CT molecular complexity index is 1150. The lowest BCUT2D eigenvalue weighted by molar-refractivity contribution is -0.143. The molecule has 0 aliphatic heterocycles. The Balaban J connectivity index is 3.57. The summed E-state index contributed by atoms with van der Waals surface area (Å²) in [5.74, 6) is -0.169. The van der Waals surface area contributed by atoms with Gasteiger partial charge in [-0.2, -0.15) is 0 Å². The van der Waals surface area contributed by atoms with Gasteiger partial charge in [0.15, 0.2) is 0 Å². The maximum Gasteiger partial charge on any atom is 0.305 e. The number of carbonyl (C=O) groups excluding carboxylic acids is 2. The first-order valence-electron chi connectivity index (χ1n) is 29.9. The molecule has 398 valence electrons. The maximum absolute atomic E-state index is 12.4. The lowest BCUT2D eigenvalue weighted by atomic mass is 10.0. The number of aliphatic hydroxyl groups excluding tert-OH is 2. The molecule has 1 amide bonds. The van der Waals surface area contributed by atoms with Crippen molar-refractivity contribution in [2.24, 2.45) is 0 Å². The molecule has 3 N–H and O–H groups in total. The largest absolute Gasteiger partial charge is 0.466 e. The van der Waals surface area contributed by atoms with E-state index in [0.29, 0.717) is 25.9 Å². The monoisotopic (exact) mass is 954 g/mol. The van der Waals surface area contributed by atoms with E-state index in [0.717, 1.165) is 51.4 Å². The van der Waals surface area contributed by atoms with Crippen LogP contribution in [-0.4, -0.2) is 47.4 Å². The lowest BCUT2D eigenvalue weighted by Gasteiger charge is -2.19. The molecule has 68 heavy (non-hydrogen) atoms. The first-order valence-corrected chi connectivity index (χ1v) is 29.9. The molecule has 6 heteroatoms. The Labute approximate surface area is 423 Å². The predicted octanol–water partition coefficient (Wildman–Crippen LogP) is 18.6. The third-order valence-corrected chi connectivity index (χ3v) is 13.6. The summed E-state index contributed by atoms with van der Waals surface area (Å²) in [6, 6.07) is -0.674. The van der Waals surface area contributed by atoms with Crippen molar-refractivity contribution in [2.75, 3.05) is 13.2 Å². The van der Waals surface area contributed by atoms with E-state index in [1.807, 2.05) is 12.2 Å². The van der Waals surface area contributed by atoms with E-state index in [9.17, 15) is 19.8 Å². The standard InChI is InChI=1S/C62H115NO5/c1-3-5-7-9-11-13-15-17-19-21-22-23-24-26-27-30-34-38-42-46-50-54-60(65)59(58-64)63-61(66)55-51-47-43-39-35-31-29-33-37-41-45-49-53-57-68-62(67)56-52-48-44-40-36-32-28-25-20-18-16-14-12-10-8-6-4-2/h18,20,31,35,43,47,50,54,59-60,64-65H,3-17,19,21-30,32-34,36-42,44-46,48-49,51-53,55-58H2,1-2H3,(H,63,66)/b20-18-,35-31-,47-43-,54-50+. The molecular formula is C62H115NO5. The average Bonchev–Trinajstić information content (AvgIpc) is 3.34. The van der Waals surface area contributed by atoms with E-state index in [4.69, 9.17) is 4.74 Å². The third-order valence-electron chi connectivity index (χ3n) is 13.6. The molecule has 0 aliphatic carbocycles. The van der Waals surface area contributed by atoms with Crippen LogP contribution in [0.5, 0.6) is 0 Å². The van der Waals surface area contributed by atoms with Gasteiger partial charge in [0.2, 0.25) is 5.91 Å². The topological polar surface area (TPSA) is 95.9 Å². The number of rotatable bonds is 55. The number of carbonyl (C=O) groups is 2. The summed E-state index contributed by atoms with van der Waals surface area (Å²) in [4.78, 5) is 24.5. The Morgan fingerprint density at radius 3 is 1.16 bits per heavy atom. The van der Waals surface area contributed by atoms with Crippen molar-refractivity contribution in [2.45, 2.75) is 321 Å². The van der Waals surface area contributed by atoms with Crippen LogP contribution in [0.25, 0.3) is 0 Å². The normalized spacial score (nSPS) is 12.9. The molecule has 0 bridgehead atoms. The number of hydrogen-bond acceptors (Lipinski definition) is 5. The van der Waals surface area contributed by atoms with E-state index in [-0.39, 0.29) is 18.5 Å². The van der Waals surface area contributed by atoms with Crippen molar-refractivity contribution in [3.63, 3.8) is 0 Å². The average molecular weight is 955 g/mol. The zero-order chi connectivity index (χ0) is 49.3. The predicted molar refractivity (Wildman–Crippen MR) is 296 cm³/mol. The fourth-order valence-electron chi connectivity index (χ4n) is 8.97. The summed E-state index contributed by atoms with van der Waals surface area (Å²) in [5, 5.41) is 23.1. The van der Waals surface area contributed by atoms with Crippen LogP contribution < -0.4 is 5.32 Å². The quantitative estimate of drug-likeness (QED) is 0.0321. The van der Waals surface area contributed by atoms with Crippen LogP contribution in [0.1, 0.15) is 309 Å². The Kier molecular flexibility index (Phi) is 55.6. The Morgan fingerprint density at radius 2 is 0.750 bits per heavy atom. The van der Waals surface area contributed by atoms with Crippen LogP contribution in [0.4, 0.5) is 0 Å². The number of nitrogens with one attached hydrogen (secondary N) is 1. The minimum Gasteiger partial charge on any atom is -0.466 e. The summed E-state index contributed by atoms with van der Waals surface area (Å²) < 4.78 is 5.47. The number of unbranched alkanes of at least 4 members (excludes halogenated alkanes) is 38. The lowest BCUT2D eigenvalue weighted by Crippen LogP contribution is -2.45. The molecule has 0 radical (unpaired) electrons. The Hall–Kier alpha value is -2.18. The highest BCUT2D eigenvalue weighted by atomic mass is 16.5. The van der Waals surface area contributed by atoms with Gasteiger partial charge < -0.3 is 20.3 Å². The summed E-state index contributed by atoms with van der Waals surface area (Å²) in [5.41, 5.74) is 0. The summed E-state index contributed by atoms with van der Waals surface area (Å²) in [6.45, 7) is 4.85. The minimum atomic E-state index is -0.881. The van der Waals surface area contributed by atoms with E-state index in [1.54, 1.807) is 6.08 Å². The van der Waals surface area contributed by atoms with Gasteiger partial charge in [-0.25, -0.2) is 0 Å². The highest BCUT2D eigenvalue weighted by Gasteiger charge is 2.17. The van der Waals surface area contributed by atoms with Crippen molar-refractivity contribution in [1.82, 2.24) is 5.32 Å². The molecule has 0 aromatic heterocycles. The third kappa shape index (κ3) is 53.2. The highest BCUT2D eigenvalue weighted by molar-refractivity contribution is 5.76. The summed E-state index contributed by atoms with van der Waals surface area (Å²) in [6.07, 6.45) is 72.9. The van der Waals surface area contributed by atoms with Crippen LogP contribution in [0.2, 0.25) is 0 Å². The van der Waals surface area contributed by atoms with Gasteiger partial charge in [0.05, 0.1) is 25.4 Å². The van der Waals surface area contributed by atoms with Gasteiger partial charge >= 0.3 is 5.97 Å². The van der Waals surface area contributed by atoms with Gasteiger partial charge in [0.25, 0.3) is 0 Å². The van der Waals surface area contributed by atoms with Crippen molar-refractivity contribution in [3.8, 4) is 0 Å². The van der Waals surface area contributed by atoms with Crippen LogP contribution in [0.15, 0.2) is 48.6 Å². The first kappa shape index (κ1) is 65.8. The summed E-state index contributed by atoms with van der Waals surface area (Å²) >= 11 is 0. The van der Waals surface area contributed by atoms with Crippen LogP contribution >= 0.6 is 0 Å². The second-order valence-corrected chi connectivity index (χ2v) is 20.3. The van der Waals surface area contributed by atoms with Gasteiger partial charge in [-0.3, -0.25) is 9.59 Å². The molecule has 0 saturated carbocycles. The molecule has 0 fully saturated rings. The number of hydrogen-bond donors (Lipinski definition) is 3. The van der Waals surface area contributed by atoms with Crippen LogP contribution in [-0.2, 0) is 14.3 Å². The fraction of sp³-hybridized carbons (Fsp3) is 0.839. The van der Waals surface area contributed by atoms with E-state index in [2.05, 4.69) is 49.5 Å². The molecule has 0 aliphatic rings. The zero-order valence-corrected chi connectivity index (χ0v) is 45.3. The smallest absolute Gasteiger partial charge is 0.305 e. The molecule has 0 spiro atoms. The van der Waals surface area contributed by atoms with Crippen molar-refractivity contribution < 1.29 is 24.5 Å². The van der Waals surface area contributed by atoms with E-state index in [1.165, 1.54) is 225 Å². The molecule has 0 aromatic rings. The van der Waals surface area contributed by atoms with Crippen molar-refractivity contribution in [1.29, 1.82) is 0 Å². The number of esters is 1. The van der Waals surface area contributed by atoms with Crippen LogP contribution in [0.3, 0.4) is 0 Å². The van der Waals surface area contributed by atoms with Crippen molar-refractivity contribution in [3.05, 3.63) is 48.6 Å². The Morgan fingerprint density at radius 1 is 0.412 bits per heavy atom. The van der Waals surface area contributed by atoms with Gasteiger partial charge in [-0.15, -0.1) is 0 Å². The number of amides is 1. The van der Waals surface area contributed by atoms with Crippen molar-refractivity contribution >= 4 is 11.9 Å². The molecule has 0 rings (SSSR count). The molecule has 0 heterocycles. The molecule has 0 aromatic carbocycles. The number of ether oxygens (including phenoxy) is 1. The van der Waals surface area contributed by atoms with Gasteiger partial charge in [-0.05, 0) is 77.0 Å². The minimum absolute atomic E-state index is 0.0218. The molecule has 6 nitrogen and oxygen atoms in total. The van der Waals surface area contributed by atoms with E-state index >= 15 is 0 Å². The van der Waals surface area contributed by atoms with Gasteiger partial charge in [0.1, 0.15) is 0 Å². The molecule has 0 saturated heterocycles. The zero-order valence-electron chi connectivity index (χ0n) is 45.3. The summed E-state index contributed by atoms with van der Waals surface area (Å²) in [7, 11) is 0. The number of aliphatic hydroxyl groups is 2. The molecule has 2 atom stereocenters.